The Morgan fingerprint density at radius 2 is 1.70 bits per heavy atom. The molecule has 3 aliphatic heterocycles. The van der Waals surface area contributed by atoms with Crippen molar-refractivity contribution in [3.63, 3.8) is 0 Å². The number of fused-ring (bicyclic) bond motifs is 3. The number of amides is 5. The summed E-state index contributed by atoms with van der Waals surface area (Å²) in [5.74, 6) is -2.75. The van der Waals surface area contributed by atoms with Gasteiger partial charge >= 0.3 is 0 Å². The minimum atomic E-state index is -1.06. The molecule has 5 amide bonds. The molecule has 6 aromatic rings. The minimum Gasteiger partial charge on any atom is -0.392 e. The molecule has 4 aliphatic rings. The maximum atomic E-state index is 15.5. The van der Waals surface area contributed by atoms with Crippen molar-refractivity contribution < 1.29 is 33.5 Å². The number of aromatic nitrogens is 6. The second-order valence-corrected chi connectivity index (χ2v) is 19.4. The first kappa shape index (κ1) is 45.9. The van der Waals surface area contributed by atoms with E-state index in [9.17, 15) is 38.7 Å². The van der Waals surface area contributed by atoms with Gasteiger partial charge in [0.1, 0.15) is 17.5 Å². The fraction of sp³-hybridized carbons (Fsp3) is 0.360. The van der Waals surface area contributed by atoms with Gasteiger partial charge in [0.05, 0.1) is 48.1 Å². The van der Waals surface area contributed by atoms with Crippen molar-refractivity contribution in [2.75, 3.05) is 17.2 Å². The molecule has 2 aromatic carbocycles. The summed E-state index contributed by atoms with van der Waals surface area (Å²) in [7, 11) is 1.59. The first-order chi connectivity index (χ1) is 33.5. The summed E-state index contributed by atoms with van der Waals surface area (Å²) in [6, 6.07) is 12.0. The zero-order chi connectivity index (χ0) is 49.3. The van der Waals surface area contributed by atoms with E-state index in [4.69, 9.17) is 5.10 Å². The highest BCUT2D eigenvalue weighted by atomic mass is 19.1. The van der Waals surface area contributed by atoms with E-state index in [0.717, 1.165) is 15.3 Å². The van der Waals surface area contributed by atoms with E-state index in [1.807, 2.05) is 25.7 Å². The zero-order valence-corrected chi connectivity index (χ0v) is 38.9. The largest absolute Gasteiger partial charge is 0.392 e. The van der Waals surface area contributed by atoms with Crippen molar-refractivity contribution in [3.8, 4) is 16.9 Å². The van der Waals surface area contributed by atoms with Crippen LogP contribution in [0.25, 0.3) is 27.7 Å². The number of hydrogen-bond acceptors (Lipinski definition) is 13. The summed E-state index contributed by atoms with van der Waals surface area (Å²) >= 11 is 0. The molecule has 0 radical (unpaired) electrons. The Kier molecular flexibility index (Phi) is 11.5. The van der Waals surface area contributed by atoms with Crippen LogP contribution in [0.2, 0.25) is 0 Å². The Morgan fingerprint density at radius 1 is 0.914 bits per heavy atom. The molecule has 70 heavy (non-hydrogen) atoms. The van der Waals surface area contributed by atoms with Crippen LogP contribution in [-0.4, -0.2) is 92.2 Å². The number of aryl methyl sites for hydroxylation is 1. The summed E-state index contributed by atoms with van der Waals surface area (Å²) in [5, 5.41) is 28.7. The summed E-state index contributed by atoms with van der Waals surface area (Å²) < 4.78 is 19.7. The van der Waals surface area contributed by atoms with Crippen LogP contribution in [-0.2, 0) is 46.5 Å². The molecule has 7 heterocycles. The monoisotopic (exact) mass is 951 g/mol. The van der Waals surface area contributed by atoms with Gasteiger partial charge in [0, 0.05) is 72.6 Å². The molecule has 0 spiro atoms. The van der Waals surface area contributed by atoms with Crippen LogP contribution in [0.4, 0.5) is 21.6 Å². The van der Waals surface area contributed by atoms with Crippen molar-refractivity contribution in [3.05, 3.63) is 122 Å². The summed E-state index contributed by atoms with van der Waals surface area (Å²) in [6.07, 6.45) is 7.04. The van der Waals surface area contributed by atoms with E-state index in [2.05, 4.69) is 26.0 Å². The van der Waals surface area contributed by atoms with Crippen molar-refractivity contribution >= 4 is 57.5 Å². The van der Waals surface area contributed by atoms with Gasteiger partial charge in [0.15, 0.2) is 11.6 Å². The molecule has 1 saturated carbocycles. The molecule has 4 aromatic heterocycles. The van der Waals surface area contributed by atoms with Crippen LogP contribution in [0.5, 0.6) is 0 Å². The Labute approximate surface area is 399 Å². The highest BCUT2D eigenvalue weighted by Crippen LogP contribution is 2.36. The minimum absolute atomic E-state index is 0.00763. The number of aliphatic hydroxyl groups excluding tert-OH is 1. The summed E-state index contributed by atoms with van der Waals surface area (Å²) in [6.45, 7) is 6.46. The SMILES string of the molecule is Cn1cc(-c2ccnc(-n3ncc4cc(C(C)(C)C)cc(F)c4c3=O)c2CO)cc(Nc2cc3n(n2)CCN(C(=O)[C@H]2CC[C@H](Nc4cccc5c4C(=O)N(C4CCC(=O)NC4=O)C5=O)CC2)C3)c1=O. The van der Waals surface area contributed by atoms with Gasteiger partial charge in [-0.3, -0.25) is 48.5 Å². The van der Waals surface area contributed by atoms with Gasteiger partial charge in [0.25, 0.3) is 22.9 Å². The Morgan fingerprint density at radius 3 is 2.44 bits per heavy atom. The number of carbonyl (C=O) groups excluding carboxylic acids is 5. The van der Waals surface area contributed by atoms with Crippen molar-refractivity contribution in [1.82, 2.24) is 44.2 Å². The summed E-state index contributed by atoms with van der Waals surface area (Å²) in [4.78, 5) is 99.7. The number of hydrogen-bond donors (Lipinski definition) is 4. The lowest BCUT2D eigenvalue weighted by Gasteiger charge is -2.34. The lowest BCUT2D eigenvalue weighted by molar-refractivity contribution is -0.138. The number of carbonyl (C=O) groups is 5. The molecule has 2 fully saturated rings. The molecule has 0 bridgehead atoms. The predicted molar refractivity (Wildman–Crippen MR) is 254 cm³/mol. The zero-order valence-electron chi connectivity index (χ0n) is 38.9. The van der Waals surface area contributed by atoms with Gasteiger partial charge in [-0.25, -0.2) is 9.37 Å². The average molecular weight is 952 g/mol. The Bertz CT molecular complexity index is 3330. The maximum absolute atomic E-state index is 15.5. The highest BCUT2D eigenvalue weighted by Gasteiger charge is 2.46. The molecule has 1 aliphatic carbocycles. The van der Waals surface area contributed by atoms with E-state index in [0.29, 0.717) is 78.9 Å². The van der Waals surface area contributed by atoms with Crippen LogP contribution in [0.1, 0.15) is 96.8 Å². The normalized spacial score (nSPS) is 19.3. The van der Waals surface area contributed by atoms with Crippen molar-refractivity contribution in [2.45, 2.75) is 96.5 Å². The number of nitrogens with zero attached hydrogens (tertiary/aromatic N) is 8. The fourth-order valence-corrected chi connectivity index (χ4v) is 10.1. The van der Waals surface area contributed by atoms with Crippen LogP contribution >= 0.6 is 0 Å². The van der Waals surface area contributed by atoms with Crippen LogP contribution < -0.4 is 27.1 Å². The average Bonchev–Trinajstić information content (AvgIpc) is 3.85. The van der Waals surface area contributed by atoms with Gasteiger partial charge in [-0.2, -0.15) is 14.9 Å². The quantitative estimate of drug-likeness (QED) is 0.147. The number of aliphatic hydroxyl groups is 1. The van der Waals surface area contributed by atoms with E-state index < -0.39 is 47.7 Å². The third kappa shape index (κ3) is 8.10. The molecular formula is C50H50FN11O8. The lowest BCUT2D eigenvalue weighted by atomic mass is 9.84. The van der Waals surface area contributed by atoms with Crippen molar-refractivity contribution in [2.24, 2.45) is 13.0 Å². The highest BCUT2D eigenvalue weighted by molar-refractivity contribution is 6.25. The molecule has 360 valence electrons. The molecule has 1 unspecified atom stereocenters. The molecule has 1 atom stereocenters. The second-order valence-electron chi connectivity index (χ2n) is 19.4. The number of halogens is 1. The second kappa shape index (κ2) is 17.6. The fourth-order valence-electron chi connectivity index (χ4n) is 10.1. The van der Waals surface area contributed by atoms with E-state index in [1.54, 1.807) is 60.4 Å². The van der Waals surface area contributed by atoms with Gasteiger partial charge in [0.2, 0.25) is 17.7 Å². The third-order valence-corrected chi connectivity index (χ3v) is 13.9. The van der Waals surface area contributed by atoms with Gasteiger partial charge < -0.3 is 25.2 Å². The number of nitrogens with one attached hydrogen (secondary N) is 3. The van der Waals surface area contributed by atoms with E-state index in [-0.39, 0.29) is 75.3 Å². The number of piperidine rings is 1. The molecule has 10 rings (SSSR count). The summed E-state index contributed by atoms with van der Waals surface area (Å²) in [5.41, 5.74) is 2.27. The molecule has 1 saturated heterocycles. The maximum Gasteiger partial charge on any atom is 0.283 e. The third-order valence-electron chi connectivity index (χ3n) is 13.9. The lowest BCUT2D eigenvalue weighted by Crippen LogP contribution is -2.54. The Hall–Kier alpha value is -7.87. The van der Waals surface area contributed by atoms with Crippen LogP contribution in [0.3, 0.4) is 0 Å². The number of pyridine rings is 2. The number of imide groups is 2. The number of rotatable bonds is 9. The van der Waals surface area contributed by atoms with Crippen LogP contribution in [0.15, 0.2) is 76.7 Å². The van der Waals surface area contributed by atoms with Crippen LogP contribution in [0, 0.1) is 11.7 Å². The van der Waals surface area contributed by atoms with Gasteiger partial charge in [-0.15, -0.1) is 0 Å². The molecule has 4 N–H and O–H groups in total. The molecule has 20 heteroatoms. The van der Waals surface area contributed by atoms with E-state index >= 15 is 4.39 Å². The van der Waals surface area contributed by atoms with Gasteiger partial charge in [-0.1, -0.05) is 26.8 Å². The number of benzene rings is 2. The Balaban J connectivity index is 0.809. The first-order valence-electron chi connectivity index (χ1n) is 23.2. The number of anilines is 3. The van der Waals surface area contributed by atoms with E-state index in [1.165, 1.54) is 23.0 Å². The smallest absolute Gasteiger partial charge is 0.283 e. The van der Waals surface area contributed by atoms with Gasteiger partial charge in [-0.05, 0) is 85.0 Å². The molecule has 19 nitrogen and oxygen atoms in total. The van der Waals surface area contributed by atoms with Crippen molar-refractivity contribution in [1.29, 1.82) is 0 Å². The molecular weight excluding hydrogens is 902 g/mol. The predicted octanol–water partition coefficient (Wildman–Crippen LogP) is 4.43. The first-order valence-corrected chi connectivity index (χ1v) is 23.2. The standard InChI is InChI=1S/C50H50FN11O8/c1-50(2,3)29-18-27-22-53-62(49(70)41(27)35(51)20-29)43-34(25-63)32(14-15-52-43)28-19-37(47(68)58(4)23-28)55-39-21-31-24-59(16-17-60(31)57-39)45(66)26-8-10-30(11-9-26)54-36-7-5-6-33-42(36)48(69)61(46(33)67)38-12-13-40(64)56-44(38)65/h5-7,14-15,18-23,26,30,38,54,63H,8-13,16-17,24-25H2,1-4H3,(H,55,57)(H,56,64,65)/t26-,30-,38?. The topological polar surface area (TPSA) is 236 Å².